The van der Waals surface area contributed by atoms with Gasteiger partial charge in [0.05, 0.1) is 19.3 Å². The molecule has 6 heteroatoms. The number of aryl methyl sites for hydroxylation is 1. The van der Waals surface area contributed by atoms with Crippen LogP contribution in [0.25, 0.3) is 5.69 Å². The van der Waals surface area contributed by atoms with Gasteiger partial charge in [-0.2, -0.15) is 5.10 Å². The van der Waals surface area contributed by atoms with Gasteiger partial charge in [-0.25, -0.2) is 9.67 Å². The number of hydrogen-bond donors (Lipinski definition) is 2. The SMILES string of the molecule is CCNC(=NCc1cccc(-n2cccn2)c1)NCc1ccc(C)cc1OC. The fraction of sp³-hybridized carbons (Fsp3) is 0.273. The standard InChI is InChI=1S/C22H27N5O/c1-4-23-22(25-16-19-10-9-17(2)13-21(19)28-3)24-15-18-7-5-8-20(14-18)27-12-6-11-26-27/h5-14H,4,15-16H2,1-3H3,(H2,23,24,25). The zero-order valence-corrected chi connectivity index (χ0v) is 16.6. The molecule has 3 rings (SSSR count). The van der Waals surface area contributed by atoms with Gasteiger partial charge in [-0.1, -0.05) is 24.3 Å². The predicted molar refractivity (Wildman–Crippen MR) is 113 cm³/mol. The van der Waals surface area contributed by atoms with Crippen LogP contribution in [0.15, 0.2) is 65.9 Å². The third-order valence-electron chi connectivity index (χ3n) is 4.33. The zero-order chi connectivity index (χ0) is 19.8. The summed E-state index contributed by atoms with van der Waals surface area (Å²) >= 11 is 0. The van der Waals surface area contributed by atoms with E-state index in [4.69, 9.17) is 9.73 Å². The summed E-state index contributed by atoms with van der Waals surface area (Å²) in [6, 6.07) is 16.4. The molecular formula is C22H27N5O. The number of aliphatic imine (C=N–C) groups is 1. The van der Waals surface area contributed by atoms with Gasteiger partial charge in [-0.05, 0) is 49.2 Å². The highest BCUT2D eigenvalue weighted by Crippen LogP contribution is 2.19. The maximum Gasteiger partial charge on any atom is 0.191 e. The predicted octanol–water partition coefficient (Wildman–Crippen LogP) is 3.44. The number of aromatic nitrogens is 2. The lowest BCUT2D eigenvalue weighted by Crippen LogP contribution is -2.36. The van der Waals surface area contributed by atoms with Gasteiger partial charge in [0.1, 0.15) is 5.75 Å². The zero-order valence-electron chi connectivity index (χ0n) is 16.6. The van der Waals surface area contributed by atoms with Crippen molar-refractivity contribution < 1.29 is 4.74 Å². The van der Waals surface area contributed by atoms with Crippen LogP contribution in [0.3, 0.4) is 0 Å². The molecule has 146 valence electrons. The van der Waals surface area contributed by atoms with E-state index in [0.29, 0.717) is 13.1 Å². The van der Waals surface area contributed by atoms with Crippen LogP contribution in [-0.2, 0) is 13.1 Å². The summed E-state index contributed by atoms with van der Waals surface area (Å²) in [6.07, 6.45) is 3.71. The van der Waals surface area contributed by atoms with Gasteiger partial charge < -0.3 is 15.4 Å². The highest BCUT2D eigenvalue weighted by atomic mass is 16.5. The van der Waals surface area contributed by atoms with E-state index in [9.17, 15) is 0 Å². The van der Waals surface area contributed by atoms with Crippen LogP contribution in [0.2, 0.25) is 0 Å². The second kappa shape index (κ2) is 9.60. The van der Waals surface area contributed by atoms with E-state index in [1.807, 2.05) is 35.1 Å². The van der Waals surface area contributed by atoms with Crippen molar-refractivity contribution in [2.75, 3.05) is 13.7 Å². The summed E-state index contributed by atoms with van der Waals surface area (Å²) < 4.78 is 7.34. The number of rotatable bonds is 7. The minimum absolute atomic E-state index is 0.579. The Hall–Kier alpha value is -3.28. The number of hydrogen-bond acceptors (Lipinski definition) is 3. The Kier molecular flexibility index (Phi) is 6.68. The smallest absolute Gasteiger partial charge is 0.191 e. The first-order valence-corrected chi connectivity index (χ1v) is 9.44. The van der Waals surface area contributed by atoms with E-state index in [-0.39, 0.29) is 0 Å². The number of guanidine groups is 1. The first-order chi connectivity index (χ1) is 13.7. The van der Waals surface area contributed by atoms with Gasteiger partial charge in [-0.15, -0.1) is 0 Å². The Balaban J connectivity index is 1.69. The fourth-order valence-electron chi connectivity index (χ4n) is 2.91. The van der Waals surface area contributed by atoms with Crippen molar-refractivity contribution in [3.8, 4) is 11.4 Å². The molecule has 2 N–H and O–H groups in total. The largest absolute Gasteiger partial charge is 0.496 e. The molecule has 0 aliphatic carbocycles. The van der Waals surface area contributed by atoms with Gasteiger partial charge in [-0.3, -0.25) is 0 Å². The summed E-state index contributed by atoms with van der Waals surface area (Å²) in [4.78, 5) is 4.72. The van der Waals surface area contributed by atoms with Crippen molar-refractivity contribution in [2.24, 2.45) is 4.99 Å². The van der Waals surface area contributed by atoms with Crippen molar-refractivity contribution in [1.29, 1.82) is 0 Å². The van der Waals surface area contributed by atoms with E-state index in [2.05, 4.69) is 53.8 Å². The van der Waals surface area contributed by atoms with Crippen LogP contribution in [0.5, 0.6) is 5.75 Å². The van der Waals surface area contributed by atoms with Gasteiger partial charge in [0.25, 0.3) is 0 Å². The monoisotopic (exact) mass is 377 g/mol. The molecule has 0 saturated carbocycles. The molecule has 2 aromatic carbocycles. The Labute approximate surface area is 166 Å². The first-order valence-electron chi connectivity index (χ1n) is 9.44. The topological polar surface area (TPSA) is 63.5 Å². The number of ether oxygens (including phenoxy) is 1. The van der Waals surface area contributed by atoms with E-state index in [0.717, 1.165) is 35.1 Å². The van der Waals surface area contributed by atoms with Crippen molar-refractivity contribution in [3.05, 3.63) is 77.6 Å². The summed E-state index contributed by atoms with van der Waals surface area (Å²) in [5.41, 5.74) is 4.43. The average molecular weight is 377 g/mol. The van der Waals surface area contributed by atoms with Crippen LogP contribution in [0.1, 0.15) is 23.6 Å². The second-order valence-corrected chi connectivity index (χ2v) is 6.48. The van der Waals surface area contributed by atoms with E-state index in [1.54, 1.807) is 13.3 Å². The highest BCUT2D eigenvalue weighted by molar-refractivity contribution is 5.79. The molecule has 3 aromatic rings. The molecule has 0 radical (unpaired) electrons. The molecule has 0 saturated heterocycles. The minimum Gasteiger partial charge on any atom is -0.496 e. The Morgan fingerprint density at radius 2 is 2.04 bits per heavy atom. The Morgan fingerprint density at radius 1 is 1.14 bits per heavy atom. The van der Waals surface area contributed by atoms with Crippen LogP contribution >= 0.6 is 0 Å². The van der Waals surface area contributed by atoms with Gasteiger partial charge in [0.15, 0.2) is 5.96 Å². The Bertz CT molecular complexity index is 918. The first kappa shape index (κ1) is 19.5. The lowest BCUT2D eigenvalue weighted by molar-refractivity contribution is 0.408. The minimum atomic E-state index is 0.579. The van der Waals surface area contributed by atoms with Gasteiger partial charge in [0.2, 0.25) is 0 Å². The van der Waals surface area contributed by atoms with Crippen molar-refractivity contribution in [3.63, 3.8) is 0 Å². The van der Waals surface area contributed by atoms with E-state index >= 15 is 0 Å². The highest BCUT2D eigenvalue weighted by Gasteiger charge is 2.05. The molecule has 0 aliphatic rings. The quantitative estimate of drug-likeness (QED) is 0.489. The average Bonchev–Trinajstić information content (AvgIpc) is 3.26. The molecule has 6 nitrogen and oxygen atoms in total. The molecular weight excluding hydrogens is 350 g/mol. The van der Waals surface area contributed by atoms with Crippen molar-refractivity contribution >= 4 is 5.96 Å². The lowest BCUT2D eigenvalue weighted by Gasteiger charge is -2.14. The third kappa shape index (κ3) is 5.13. The van der Waals surface area contributed by atoms with Gasteiger partial charge >= 0.3 is 0 Å². The molecule has 0 fully saturated rings. The van der Waals surface area contributed by atoms with Crippen LogP contribution in [-0.4, -0.2) is 29.4 Å². The summed E-state index contributed by atoms with van der Waals surface area (Å²) in [6.45, 7) is 6.13. The number of nitrogens with zero attached hydrogens (tertiary/aromatic N) is 3. The summed E-state index contributed by atoms with van der Waals surface area (Å²) in [5, 5.41) is 11.0. The van der Waals surface area contributed by atoms with Crippen LogP contribution < -0.4 is 15.4 Å². The Morgan fingerprint density at radius 3 is 2.79 bits per heavy atom. The van der Waals surface area contributed by atoms with E-state index < -0.39 is 0 Å². The lowest BCUT2D eigenvalue weighted by atomic mass is 10.1. The van der Waals surface area contributed by atoms with Crippen LogP contribution in [0.4, 0.5) is 0 Å². The molecule has 0 aliphatic heterocycles. The molecule has 1 aromatic heterocycles. The maximum absolute atomic E-state index is 5.49. The molecule has 0 amide bonds. The molecule has 28 heavy (non-hydrogen) atoms. The summed E-state index contributed by atoms with van der Waals surface area (Å²) in [7, 11) is 1.70. The summed E-state index contributed by atoms with van der Waals surface area (Å²) in [5.74, 6) is 1.66. The molecule has 0 atom stereocenters. The van der Waals surface area contributed by atoms with Crippen molar-refractivity contribution in [2.45, 2.75) is 26.9 Å². The molecule has 0 spiro atoms. The second-order valence-electron chi connectivity index (χ2n) is 6.48. The van der Waals surface area contributed by atoms with Gasteiger partial charge in [0, 0.05) is 31.0 Å². The number of benzene rings is 2. The molecule has 0 bridgehead atoms. The molecule has 1 heterocycles. The number of nitrogens with one attached hydrogen (secondary N) is 2. The fourth-order valence-corrected chi connectivity index (χ4v) is 2.91. The number of methoxy groups -OCH3 is 1. The normalized spacial score (nSPS) is 11.3. The van der Waals surface area contributed by atoms with E-state index in [1.165, 1.54) is 5.56 Å². The van der Waals surface area contributed by atoms with Crippen molar-refractivity contribution in [1.82, 2.24) is 20.4 Å². The third-order valence-corrected chi connectivity index (χ3v) is 4.33. The van der Waals surface area contributed by atoms with Crippen LogP contribution in [0, 0.1) is 6.92 Å². The molecule has 0 unspecified atom stereocenters. The maximum atomic E-state index is 5.49.